The second kappa shape index (κ2) is 10.1. The van der Waals surface area contributed by atoms with E-state index in [1.807, 2.05) is 0 Å². The molecule has 0 aliphatic heterocycles. The Morgan fingerprint density at radius 1 is 0.931 bits per heavy atom. The molecule has 0 aliphatic carbocycles. The molecule has 12 heteroatoms. The van der Waals surface area contributed by atoms with E-state index in [1.165, 1.54) is 30.6 Å². The normalized spacial score (nSPS) is 11.9. The van der Waals surface area contributed by atoms with Crippen LogP contribution in [0.3, 0.4) is 0 Å². The molecule has 2 aromatic rings. The van der Waals surface area contributed by atoms with Gasteiger partial charge in [-0.25, -0.2) is 26.8 Å². The van der Waals surface area contributed by atoms with Crippen molar-refractivity contribution >= 4 is 57.5 Å². The molecule has 0 saturated heterocycles. The van der Waals surface area contributed by atoms with Gasteiger partial charge in [-0.15, -0.1) is 0 Å². The van der Waals surface area contributed by atoms with Gasteiger partial charge >= 0.3 is 5.97 Å². The number of pyridine rings is 2. The van der Waals surface area contributed by atoms with Crippen LogP contribution in [-0.2, 0) is 29.2 Å². The van der Waals surface area contributed by atoms with Crippen LogP contribution in [0.4, 0.5) is 0 Å². The van der Waals surface area contributed by atoms with E-state index in [1.54, 1.807) is 26.8 Å². The molecule has 0 aliphatic rings. The average Bonchev–Trinajstić information content (AvgIpc) is 2.53. The van der Waals surface area contributed by atoms with Crippen LogP contribution in [0.25, 0.3) is 0 Å². The topological polar surface area (TPSA) is 120 Å². The Labute approximate surface area is 187 Å². The summed E-state index contributed by atoms with van der Waals surface area (Å²) in [5.74, 6) is -1.46. The van der Waals surface area contributed by atoms with Gasteiger partial charge in [-0.2, -0.15) is 0 Å². The highest BCUT2D eigenvalue weighted by Crippen LogP contribution is 2.15. The van der Waals surface area contributed by atoms with Crippen molar-refractivity contribution in [1.82, 2.24) is 9.97 Å². The van der Waals surface area contributed by atoms with Gasteiger partial charge in [-0.3, -0.25) is 4.79 Å². The molecule has 0 aromatic carbocycles. The molecule has 160 valence electrons. The summed E-state index contributed by atoms with van der Waals surface area (Å²) in [5, 5.41) is 0. The average molecular weight is 572 g/mol. The number of ether oxygens (including phenoxy) is 1. The lowest BCUT2D eigenvalue weighted by Crippen LogP contribution is -2.28. The van der Waals surface area contributed by atoms with E-state index >= 15 is 0 Å². The van der Waals surface area contributed by atoms with Crippen molar-refractivity contribution in [2.45, 2.75) is 36.2 Å². The summed E-state index contributed by atoms with van der Waals surface area (Å²) in [6, 6.07) is 5.99. The minimum Gasteiger partial charge on any atom is -0.459 e. The van der Waals surface area contributed by atoms with Gasteiger partial charge in [0.05, 0.1) is 9.79 Å². The molecule has 0 radical (unpaired) electrons. The van der Waals surface area contributed by atoms with Crippen LogP contribution in [0, 0.1) is 0 Å². The van der Waals surface area contributed by atoms with E-state index in [0.29, 0.717) is 9.21 Å². The minimum atomic E-state index is -3.71. The lowest BCUT2D eigenvalue weighted by molar-refractivity contribution is -0.151. The van der Waals surface area contributed by atoms with E-state index in [4.69, 9.17) is 4.74 Å². The summed E-state index contributed by atoms with van der Waals surface area (Å²) in [6.07, 6.45) is 3.67. The van der Waals surface area contributed by atoms with Crippen LogP contribution in [0.2, 0.25) is 0 Å². The zero-order valence-corrected chi connectivity index (χ0v) is 20.9. The molecule has 8 nitrogen and oxygen atoms in total. The van der Waals surface area contributed by atoms with Crippen LogP contribution in [0.5, 0.6) is 0 Å². The first kappa shape index (κ1) is 25.7. The van der Waals surface area contributed by atoms with Crippen LogP contribution in [0.15, 0.2) is 55.7 Å². The molecule has 29 heavy (non-hydrogen) atoms. The first-order valence-electron chi connectivity index (χ1n) is 7.98. The SMILES string of the molecule is CC(C)(C)OC(=O)CS(=O)(=O)c1ccc(Br)nc1.CS(=O)(=O)c1ccc(Br)nc1. The highest BCUT2D eigenvalue weighted by Gasteiger charge is 2.24. The Kier molecular flexibility index (Phi) is 8.93. The molecular formula is C17H20Br2N2O6S2. The zero-order chi connectivity index (χ0) is 22.5. The fourth-order valence-electron chi connectivity index (χ4n) is 1.74. The van der Waals surface area contributed by atoms with Crippen molar-refractivity contribution < 1.29 is 26.4 Å². The summed E-state index contributed by atoms with van der Waals surface area (Å²) < 4.78 is 51.7. The Balaban J connectivity index is 0.000000326. The third-order valence-corrected chi connectivity index (χ3v) is 6.53. The van der Waals surface area contributed by atoms with Gasteiger partial charge in [-0.05, 0) is 76.9 Å². The van der Waals surface area contributed by atoms with E-state index in [-0.39, 0.29) is 9.79 Å². The molecule has 0 bridgehead atoms. The number of hydrogen-bond acceptors (Lipinski definition) is 8. The zero-order valence-electron chi connectivity index (χ0n) is 16.1. The van der Waals surface area contributed by atoms with Crippen molar-refractivity contribution in [2.75, 3.05) is 12.0 Å². The van der Waals surface area contributed by atoms with Crippen LogP contribution in [0.1, 0.15) is 20.8 Å². The summed E-state index contributed by atoms with van der Waals surface area (Å²) >= 11 is 6.21. The molecule has 2 rings (SSSR count). The number of aromatic nitrogens is 2. The second-order valence-corrected chi connectivity index (χ2v) is 12.4. The summed E-state index contributed by atoms with van der Waals surface area (Å²) in [4.78, 5) is 19.3. The van der Waals surface area contributed by atoms with Crippen molar-refractivity contribution in [2.24, 2.45) is 0 Å². The third-order valence-electron chi connectivity index (χ3n) is 2.92. The maximum absolute atomic E-state index is 11.9. The number of esters is 1. The molecule has 0 amide bonds. The lowest BCUT2D eigenvalue weighted by Gasteiger charge is -2.19. The molecule has 0 saturated carbocycles. The van der Waals surface area contributed by atoms with Crippen molar-refractivity contribution in [3.63, 3.8) is 0 Å². The third kappa shape index (κ3) is 9.79. The number of hydrogen-bond donors (Lipinski definition) is 0. The first-order chi connectivity index (χ1) is 13.1. The monoisotopic (exact) mass is 570 g/mol. The molecule has 0 fully saturated rings. The van der Waals surface area contributed by atoms with Crippen molar-refractivity contribution in [3.8, 4) is 0 Å². The van der Waals surface area contributed by atoms with Crippen LogP contribution >= 0.6 is 31.9 Å². The van der Waals surface area contributed by atoms with Gasteiger partial charge < -0.3 is 4.74 Å². The minimum absolute atomic E-state index is 0.00319. The van der Waals surface area contributed by atoms with E-state index in [9.17, 15) is 21.6 Å². The van der Waals surface area contributed by atoms with Gasteiger partial charge in [0.15, 0.2) is 25.4 Å². The van der Waals surface area contributed by atoms with Gasteiger partial charge in [-0.1, -0.05) is 0 Å². The number of halogens is 2. The molecule has 2 aromatic heterocycles. The van der Waals surface area contributed by atoms with Crippen LogP contribution < -0.4 is 0 Å². The van der Waals surface area contributed by atoms with Gasteiger partial charge in [0.25, 0.3) is 0 Å². The summed E-state index contributed by atoms with van der Waals surface area (Å²) in [5.41, 5.74) is -0.704. The molecule has 0 spiro atoms. The second-order valence-electron chi connectivity index (χ2n) is 6.75. The highest BCUT2D eigenvalue weighted by molar-refractivity contribution is 9.10. The number of sulfone groups is 2. The quantitative estimate of drug-likeness (QED) is 0.405. The summed E-state index contributed by atoms with van der Waals surface area (Å²) in [6.45, 7) is 5.04. The van der Waals surface area contributed by atoms with Crippen molar-refractivity contribution in [1.29, 1.82) is 0 Å². The maximum atomic E-state index is 11.9. The number of rotatable bonds is 4. The first-order valence-corrected chi connectivity index (χ1v) is 13.1. The maximum Gasteiger partial charge on any atom is 0.322 e. The molecular weight excluding hydrogens is 552 g/mol. The Morgan fingerprint density at radius 3 is 1.72 bits per heavy atom. The van der Waals surface area contributed by atoms with Crippen molar-refractivity contribution in [3.05, 3.63) is 45.9 Å². The standard InChI is InChI=1S/C11H14BrNO4S.C6H6BrNO2S/c1-11(2,3)17-10(14)7-18(15,16)8-4-5-9(12)13-6-8;1-11(9,10)5-2-3-6(7)8-4-5/h4-6H,7H2,1-3H3;2-4H,1H3. The predicted octanol–water partition coefficient (Wildman–Crippen LogP) is 3.21. The van der Waals surface area contributed by atoms with Gasteiger partial charge in [0, 0.05) is 18.6 Å². The molecule has 0 N–H and O–H groups in total. The lowest BCUT2D eigenvalue weighted by atomic mass is 10.2. The molecule has 0 unspecified atom stereocenters. The molecule has 0 atom stereocenters. The van der Waals surface area contributed by atoms with Gasteiger partial charge in [0.1, 0.15) is 14.8 Å². The number of carbonyl (C=O) groups excluding carboxylic acids is 1. The smallest absolute Gasteiger partial charge is 0.322 e. The van der Waals surface area contributed by atoms with E-state index in [0.717, 1.165) is 6.26 Å². The highest BCUT2D eigenvalue weighted by atomic mass is 79.9. The van der Waals surface area contributed by atoms with E-state index in [2.05, 4.69) is 41.8 Å². The Hall–Kier alpha value is -1.37. The predicted molar refractivity (Wildman–Crippen MR) is 115 cm³/mol. The van der Waals surface area contributed by atoms with E-state index < -0.39 is 37.0 Å². The largest absolute Gasteiger partial charge is 0.459 e. The summed E-state index contributed by atoms with van der Waals surface area (Å²) in [7, 11) is -6.81. The Morgan fingerprint density at radius 2 is 1.38 bits per heavy atom. The van der Waals surface area contributed by atoms with Gasteiger partial charge in [0.2, 0.25) is 0 Å². The Bertz CT molecular complexity index is 1050. The fourth-order valence-corrected chi connectivity index (χ4v) is 3.79. The number of carbonyl (C=O) groups is 1. The number of nitrogens with zero attached hydrogens (tertiary/aromatic N) is 2. The van der Waals surface area contributed by atoms with Crippen LogP contribution in [-0.4, -0.2) is 50.4 Å². The molecule has 2 heterocycles. The fraction of sp³-hybridized carbons (Fsp3) is 0.353.